The highest BCUT2D eigenvalue weighted by Crippen LogP contribution is 2.03. The molecule has 1 fully saturated rings. The zero-order valence-electron chi connectivity index (χ0n) is 11.5. The average Bonchev–Trinajstić information content (AvgIpc) is 2.56. The van der Waals surface area contributed by atoms with E-state index in [9.17, 15) is 9.59 Å². The van der Waals surface area contributed by atoms with Crippen LogP contribution in [0.15, 0.2) is 0 Å². The minimum absolute atomic E-state index is 0.0373. The molecule has 5 heteroatoms. The van der Waals surface area contributed by atoms with Crippen LogP contribution in [-0.4, -0.2) is 48.9 Å². The van der Waals surface area contributed by atoms with Crippen molar-refractivity contribution in [3.05, 3.63) is 0 Å². The molecule has 0 saturated carbocycles. The molecule has 104 valence electrons. The third kappa shape index (κ3) is 6.00. The Bertz CT molecular complexity index is 271. The van der Waals surface area contributed by atoms with Crippen LogP contribution < -0.4 is 10.6 Å². The molecule has 0 spiro atoms. The average molecular weight is 255 g/mol. The quantitative estimate of drug-likeness (QED) is 0.752. The lowest BCUT2D eigenvalue weighted by molar-refractivity contribution is -0.131. The molecular formula is C13H25N3O2. The SMILES string of the molecule is CC(C)NC(=O)CCCC(=O)N1CCCNCC1. The lowest BCUT2D eigenvalue weighted by Gasteiger charge is -2.19. The number of rotatable bonds is 5. The van der Waals surface area contributed by atoms with E-state index < -0.39 is 0 Å². The molecule has 0 aromatic heterocycles. The molecule has 1 heterocycles. The van der Waals surface area contributed by atoms with Crippen molar-refractivity contribution in [1.82, 2.24) is 15.5 Å². The summed E-state index contributed by atoms with van der Waals surface area (Å²) in [4.78, 5) is 25.2. The molecule has 0 bridgehead atoms. The lowest BCUT2D eigenvalue weighted by atomic mass is 10.2. The summed E-state index contributed by atoms with van der Waals surface area (Å²) >= 11 is 0. The van der Waals surface area contributed by atoms with E-state index >= 15 is 0 Å². The van der Waals surface area contributed by atoms with Gasteiger partial charge in [0.2, 0.25) is 11.8 Å². The molecule has 0 radical (unpaired) electrons. The first kappa shape index (κ1) is 15.0. The number of carbonyl (C=O) groups is 2. The van der Waals surface area contributed by atoms with Crippen LogP contribution in [0, 0.1) is 0 Å². The second-order valence-electron chi connectivity index (χ2n) is 5.06. The van der Waals surface area contributed by atoms with E-state index in [2.05, 4.69) is 10.6 Å². The molecule has 0 aromatic rings. The third-order valence-electron chi connectivity index (χ3n) is 2.94. The van der Waals surface area contributed by atoms with Gasteiger partial charge >= 0.3 is 0 Å². The highest BCUT2D eigenvalue weighted by molar-refractivity contribution is 5.79. The first-order chi connectivity index (χ1) is 8.59. The Labute approximate surface area is 109 Å². The maximum atomic E-state index is 11.9. The van der Waals surface area contributed by atoms with Crippen molar-refractivity contribution in [3.8, 4) is 0 Å². The summed E-state index contributed by atoms with van der Waals surface area (Å²) in [6, 6.07) is 0.171. The maximum Gasteiger partial charge on any atom is 0.222 e. The van der Waals surface area contributed by atoms with Gasteiger partial charge in [-0.05, 0) is 33.2 Å². The minimum atomic E-state index is 0.0373. The summed E-state index contributed by atoms with van der Waals surface area (Å²) in [5.41, 5.74) is 0. The van der Waals surface area contributed by atoms with E-state index in [-0.39, 0.29) is 17.9 Å². The van der Waals surface area contributed by atoms with E-state index in [1.807, 2.05) is 18.7 Å². The van der Waals surface area contributed by atoms with Crippen LogP contribution in [0.25, 0.3) is 0 Å². The molecular weight excluding hydrogens is 230 g/mol. The summed E-state index contributed by atoms with van der Waals surface area (Å²) in [5, 5.41) is 6.10. The summed E-state index contributed by atoms with van der Waals surface area (Å²) < 4.78 is 0. The highest BCUT2D eigenvalue weighted by Gasteiger charge is 2.15. The monoisotopic (exact) mass is 255 g/mol. The van der Waals surface area contributed by atoms with Gasteiger partial charge in [0.15, 0.2) is 0 Å². The van der Waals surface area contributed by atoms with Gasteiger partial charge in [-0.15, -0.1) is 0 Å². The number of nitrogens with zero attached hydrogens (tertiary/aromatic N) is 1. The van der Waals surface area contributed by atoms with Crippen molar-refractivity contribution >= 4 is 11.8 Å². The molecule has 1 rings (SSSR count). The van der Waals surface area contributed by atoms with Gasteiger partial charge in [0.25, 0.3) is 0 Å². The Hall–Kier alpha value is -1.10. The zero-order valence-corrected chi connectivity index (χ0v) is 11.5. The van der Waals surface area contributed by atoms with Crippen LogP contribution in [0.1, 0.15) is 39.5 Å². The van der Waals surface area contributed by atoms with E-state index in [0.29, 0.717) is 19.3 Å². The fourth-order valence-corrected chi connectivity index (χ4v) is 2.05. The number of nitrogens with one attached hydrogen (secondary N) is 2. The van der Waals surface area contributed by atoms with E-state index in [1.54, 1.807) is 0 Å². The maximum absolute atomic E-state index is 11.9. The van der Waals surface area contributed by atoms with E-state index in [1.165, 1.54) is 0 Å². The van der Waals surface area contributed by atoms with Crippen molar-refractivity contribution in [2.75, 3.05) is 26.2 Å². The van der Waals surface area contributed by atoms with Gasteiger partial charge in [-0.2, -0.15) is 0 Å². The molecule has 5 nitrogen and oxygen atoms in total. The van der Waals surface area contributed by atoms with Crippen molar-refractivity contribution in [3.63, 3.8) is 0 Å². The number of carbonyl (C=O) groups excluding carboxylic acids is 2. The van der Waals surface area contributed by atoms with Crippen molar-refractivity contribution in [2.45, 2.75) is 45.6 Å². The van der Waals surface area contributed by atoms with Crippen LogP contribution in [0.2, 0.25) is 0 Å². The summed E-state index contributed by atoms with van der Waals surface area (Å²) in [7, 11) is 0. The van der Waals surface area contributed by atoms with Crippen LogP contribution in [-0.2, 0) is 9.59 Å². The van der Waals surface area contributed by atoms with Gasteiger partial charge in [-0.3, -0.25) is 9.59 Å². The molecule has 1 saturated heterocycles. The first-order valence-corrected chi connectivity index (χ1v) is 6.87. The minimum Gasteiger partial charge on any atom is -0.354 e. The number of hydrogen-bond donors (Lipinski definition) is 2. The Morgan fingerprint density at radius 2 is 2.00 bits per heavy atom. The third-order valence-corrected chi connectivity index (χ3v) is 2.94. The molecule has 18 heavy (non-hydrogen) atoms. The molecule has 2 N–H and O–H groups in total. The van der Waals surface area contributed by atoms with E-state index in [0.717, 1.165) is 32.6 Å². The van der Waals surface area contributed by atoms with Crippen molar-refractivity contribution in [2.24, 2.45) is 0 Å². The van der Waals surface area contributed by atoms with Gasteiger partial charge in [0, 0.05) is 38.5 Å². The smallest absolute Gasteiger partial charge is 0.222 e. The molecule has 0 aromatic carbocycles. The van der Waals surface area contributed by atoms with Crippen LogP contribution in [0.4, 0.5) is 0 Å². The van der Waals surface area contributed by atoms with Gasteiger partial charge in [-0.1, -0.05) is 0 Å². The van der Waals surface area contributed by atoms with Crippen LogP contribution in [0.5, 0.6) is 0 Å². The standard InChI is InChI=1S/C13H25N3O2/c1-11(2)15-12(17)5-3-6-13(18)16-9-4-7-14-8-10-16/h11,14H,3-10H2,1-2H3,(H,15,17). The Balaban J connectivity index is 2.17. The van der Waals surface area contributed by atoms with Gasteiger partial charge in [-0.25, -0.2) is 0 Å². The van der Waals surface area contributed by atoms with Crippen LogP contribution >= 0.6 is 0 Å². The molecule has 0 unspecified atom stereocenters. The summed E-state index contributed by atoms with van der Waals surface area (Å²) in [5.74, 6) is 0.214. The predicted molar refractivity (Wildman–Crippen MR) is 71.2 cm³/mol. The van der Waals surface area contributed by atoms with Crippen LogP contribution in [0.3, 0.4) is 0 Å². The Kier molecular flexibility index (Phi) is 6.72. The highest BCUT2D eigenvalue weighted by atomic mass is 16.2. The van der Waals surface area contributed by atoms with E-state index in [4.69, 9.17) is 0 Å². The fourth-order valence-electron chi connectivity index (χ4n) is 2.05. The largest absolute Gasteiger partial charge is 0.354 e. The van der Waals surface area contributed by atoms with Gasteiger partial charge < -0.3 is 15.5 Å². The topological polar surface area (TPSA) is 61.4 Å². The fraction of sp³-hybridized carbons (Fsp3) is 0.846. The second kappa shape index (κ2) is 8.08. The first-order valence-electron chi connectivity index (χ1n) is 6.87. The molecule has 1 aliphatic heterocycles. The van der Waals surface area contributed by atoms with Gasteiger partial charge in [0.1, 0.15) is 0 Å². The van der Waals surface area contributed by atoms with Crippen molar-refractivity contribution in [1.29, 1.82) is 0 Å². The zero-order chi connectivity index (χ0) is 13.4. The molecule has 2 amide bonds. The molecule has 0 atom stereocenters. The predicted octanol–water partition coefficient (Wildman–Crippen LogP) is 0.503. The summed E-state index contributed by atoms with van der Waals surface area (Å²) in [6.07, 6.45) is 2.57. The Morgan fingerprint density at radius 1 is 1.22 bits per heavy atom. The number of amides is 2. The Morgan fingerprint density at radius 3 is 2.72 bits per heavy atom. The second-order valence-corrected chi connectivity index (χ2v) is 5.06. The van der Waals surface area contributed by atoms with Gasteiger partial charge in [0.05, 0.1) is 0 Å². The molecule has 1 aliphatic rings. The number of hydrogen-bond acceptors (Lipinski definition) is 3. The molecule has 0 aliphatic carbocycles. The normalized spacial score (nSPS) is 16.5. The van der Waals surface area contributed by atoms with Crippen molar-refractivity contribution < 1.29 is 9.59 Å². The summed E-state index contributed by atoms with van der Waals surface area (Å²) in [6.45, 7) is 7.36. The lowest BCUT2D eigenvalue weighted by Crippen LogP contribution is -2.34.